The van der Waals surface area contributed by atoms with Gasteiger partial charge >= 0.3 is 0 Å². The van der Waals surface area contributed by atoms with E-state index in [2.05, 4.69) is 27.2 Å². The average Bonchev–Trinajstić information content (AvgIpc) is 2.75. The van der Waals surface area contributed by atoms with Crippen molar-refractivity contribution in [1.82, 2.24) is 25.3 Å². The van der Waals surface area contributed by atoms with E-state index in [1.807, 2.05) is 6.20 Å². The highest BCUT2D eigenvalue weighted by Gasteiger charge is 2.20. The monoisotopic (exact) mass is 283 g/mol. The minimum absolute atomic E-state index is 0.383. The van der Waals surface area contributed by atoms with Gasteiger partial charge in [-0.15, -0.1) is 0 Å². The number of aryl methyl sites for hydroxylation is 1. The third-order valence-electron chi connectivity index (χ3n) is 3.84. The molecule has 0 saturated carbocycles. The van der Waals surface area contributed by atoms with Gasteiger partial charge in [0.15, 0.2) is 11.6 Å². The van der Waals surface area contributed by atoms with E-state index in [1.165, 1.54) is 18.4 Å². The fourth-order valence-corrected chi connectivity index (χ4v) is 2.77. The van der Waals surface area contributed by atoms with Crippen LogP contribution in [0.15, 0.2) is 24.7 Å². The Labute approximate surface area is 125 Å². The van der Waals surface area contributed by atoms with Gasteiger partial charge in [-0.05, 0) is 38.3 Å². The van der Waals surface area contributed by atoms with Crippen LogP contribution in [0.2, 0.25) is 0 Å². The molecule has 1 atom stereocenters. The first-order chi connectivity index (χ1) is 10.4. The first-order valence-corrected chi connectivity index (χ1v) is 7.75. The zero-order valence-electron chi connectivity index (χ0n) is 12.4. The van der Waals surface area contributed by atoms with Crippen LogP contribution in [-0.4, -0.2) is 26.5 Å². The summed E-state index contributed by atoms with van der Waals surface area (Å²) in [5, 5.41) is 3.62. The predicted octanol–water partition coefficient (Wildman–Crippen LogP) is 2.70. The lowest BCUT2D eigenvalue weighted by Crippen LogP contribution is -2.23. The second-order valence-corrected chi connectivity index (χ2v) is 5.42. The Kier molecular flexibility index (Phi) is 4.50. The number of hydrogen-bond donors (Lipinski definition) is 1. The average molecular weight is 283 g/mol. The van der Waals surface area contributed by atoms with Gasteiger partial charge < -0.3 is 5.32 Å². The first-order valence-electron chi connectivity index (χ1n) is 7.75. The number of fused-ring (bicyclic) bond motifs is 1. The van der Waals surface area contributed by atoms with E-state index >= 15 is 0 Å². The van der Waals surface area contributed by atoms with Gasteiger partial charge in [-0.3, -0.25) is 0 Å². The summed E-state index contributed by atoms with van der Waals surface area (Å²) < 4.78 is 0. The van der Waals surface area contributed by atoms with Crippen LogP contribution in [0.25, 0.3) is 11.6 Å². The van der Waals surface area contributed by atoms with Gasteiger partial charge in [0.1, 0.15) is 0 Å². The van der Waals surface area contributed by atoms with Crippen LogP contribution < -0.4 is 5.32 Å². The van der Waals surface area contributed by atoms with Gasteiger partial charge in [-0.1, -0.05) is 13.3 Å². The molecule has 21 heavy (non-hydrogen) atoms. The van der Waals surface area contributed by atoms with Crippen molar-refractivity contribution < 1.29 is 0 Å². The van der Waals surface area contributed by atoms with E-state index in [0.29, 0.717) is 17.7 Å². The normalized spacial score (nSPS) is 18.0. The minimum atomic E-state index is 0.383. The first kappa shape index (κ1) is 14.1. The van der Waals surface area contributed by atoms with Gasteiger partial charge in [-0.2, -0.15) is 0 Å². The fourth-order valence-electron chi connectivity index (χ4n) is 2.77. The van der Waals surface area contributed by atoms with Crippen LogP contribution in [-0.2, 0) is 6.42 Å². The predicted molar refractivity (Wildman–Crippen MR) is 81.6 cm³/mol. The Morgan fingerprint density at radius 1 is 1.14 bits per heavy atom. The van der Waals surface area contributed by atoms with Crippen LogP contribution >= 0.6 is 0 Å². The highest BCUT2D eigenvalue weighted by molar-refractivity contribution is 5.43. The number of nitrogens with one attached hydrogen (secondary N) is 1. The zero-order chi connectivity index (χ0) is 14.5. The van der Waals surface area contributed by atoms with Gasteiger partial charge in [0, 0.05) is 35.9 Å². The van der Waals surface area contributed by atoms with E-state index in [4.69, 9.17) is 4.98 Å². The van der Waals surface area contributed by atoms with Crippen molar-refractivity contribution in [2.24, 2.45) is 0 Å². The molecule has 5 heteroatoms. The molecule has 3 rings (SSSR count). The molecule has 1 aliphatic carbocycles. The Morgan fingerprint density at radius 3 is 2.81 bits per heavy atom. The smallest absolute Gasteiger partial charge is 0.197 e. The highest BCUT2D eigenvalue weighted by atomic mass is 15.0. The lowest BCUT2D eigenvalue weighted by molar-refractivity contribution is 0.488. The molecule has 5 nitrogen and oxygen atoms in total. The van der Waals surface area contributed by atoms with Crippen LogP contribution in [0, 0.1) is 0 Å². The van der Waals surface area contributed by atoms with Crippen molar-refractivity contribution in [3.8, 4) is 11.6 Å². The standard InChI is InChI=1S/C16H21N5/c1-2-8-17-13-6-3-4-7-14-12(13)11-20-16(21-14)15-18-9-5-10-19-15/h5,9-11,13,17H,2-4,6-8H2,1H3. The van der Waals surface area contributed by atoms with Gasteiger partial charge in [0.25, 0.3) is 0 Å². The molecule has 0 radical (unpaired) electrons. The number of hydrogen-bond acceptors (Lipinski definition) is 5. The third-order valence-corrected chi connectivity index (χ3v) is 3.84. The van der Waals surface area contributed by atoms with Crippen LogP contribution in [0.5, 0.6) is 0 Å². The van der Waals surface area contributed by atoms with Crippen LogP contribution in [0.3, 0.4) is 0 Å². The van der Waals surface area contributed by atoms with Crippen molar-refractivity contribution in [3.05, 3.63) is 35.9 Å². The van der Waals surface area contributed by atoms with Crippen molar-refractivity contribution in [1.29, 1.82) is 0 Å². The molecule has 1 N–H and O–H groups in total. The molecule has 0 spiro atoms. The van der Waals surface area contributed by atoms with Crippen molar-refractivity contribution in [2.75, 3.05) is 6.54 Å². The van der Waals surface area contributed by atoms with Crippen molar-refractivity contribution in [3.63, 3.8) is 0 Å². The Morgan fingerprint density at radius 2 is 2.00 bits per heavy atom. The summed E-state index contributed by atoms with van der Waals surface area (Å²) in [6.07, 6.45) is 11.2. The summed E-state index contributed by atoms with van der Waals surface area (Å²) in [4.78, 5) is 17.7. The number of nitrogens with zero attached hydrogens (tertiary/aromatic N) is 4. The quantitative estimate of drug-likeness (QED) is 0.874. The molecular weight excluding hydrogens is 262 g/mol. The van der Waals surface area contributed by atoms with Crippen LogP contribution in [0.1, 0.15) is 49.9 Å². The van der Waals surface area contributed by atoms with Gasteiger partial charge in [0.2, 0.25) is 0 Å². The van der Waals surface area contributed by atoms with Crippen molar-refractivity contribution in [2.45, 2.75) is 45.1 Å². The largest absolute Gasteiger partial charge is 0.310 e. The molecule has 1 unspecified atom stereocenters. The molecule has 0 fully saturated rings. The van der Waals surface area contributed by atoms with Gasteiger partial charge in [-0.25, -0.2) is 19.9 Å². The van der Waals surface area contributed by atoms with E-state index < -0.39 is 0 Å². The third kappa shape index (κ3) is 3.24. The summed E-state index contributed by atoms with van der Waals surface area (Å²) >= 11 is 0. The molecule has 0 amide bonds. The summed E-state index contributed by atoms with van der Waals surface area (Å²) in [5.74, 6) is 1.23. The number of rotatable bonds is 4. The summed E-state index contributed by atoms with van der Waals surface area (Å²) in [7, 11) is 0. The molecule has 0 aliphatic heterocycles. The van der Waals surface area contributed by atoms with Crippen LogP contribution in [0.4, 0.5) is 0 Å². The Hall–Kier alpha value is -1.88. The van der Waals surface area contributed by atoms with E-state index in [-0.39, 0.29) is 0 Å². The summed E-state index contributed by atoms with van der Waals surface area (Å²) in [5.41, 5.74) is 2.40. The Bertz CT molecular complexity index is 584. The molecule has 0 aromatic carbocycles. The lowest BCUT2D eigenvalue weighted by Gasteiger charge is -2.18. The number of aromatic nitrogens is 4. The van der Waals surface area contributed by atoms with E-state index in [0.717, 1.165) is 31.5 Å². The molecule has 1 aliphatic rings. The highest BCUT2D eigenvalue weighted by Crippen LogP contribution is 2.28. The molecule has 2 aromatic heterocycles. The van der Waals surface area contributed by atoms with E-state index in [9.17, 15) is 0 Å². The second-order valence-electron chi connectivity index (χ2n) is 5.42. The van der Waals surface area contributed by atoms with Crippen molar-refractivity contribution >= 4 is 0 Å². The molecule has 0 bridgehead atoms. The molecule has 2 aromatic rings. The minimum Gasteiger partial charge on any atom is -0.310 e. The molecule has 2 heterocycles. The maximum absolute atomic E-state index is 4.73. The maximum Gasteiger partial charge on any atom is 0.197 e. The molecule has 0 saturated heterocycles. The molecule has 110 valence electrons. The maximum atomic E-state index is 4.73. The Balaban J connectivity index is 1.92. The van der Waals surface area contributed by atoms with Gasteiger partial charge in [0.05, 0.1) is 0 Å². The van der Waals surface area contributed by atoms with E-state index in [1.54, 1.807) is 18.5 Å². The summed E-state index contributed by atoms with van der Waals surface area (Å²) in [6.45, 7) is 3.23. The SMILES string of the molecule is CCCNC1CCCCc2nc(-c3ncccn3)ncc21. The second kappa shape index (κ2) is 6.72. The topological polar surface area (TPSA) is 63.6 Å². The summed E-state index contributed by atoms with van der Waals surface area (Å²) in [6, 6.07) is 2.19. The fraction of sp³-hybridized carbons (Fsp3) is 0.500. The zero-order valence-corrected chi connectivity index (χ0v) is 12.4. The molecular formula is C16H21N5. The lowest BCUT2D eigenvalue weighted by atomic mass is 10.0.